The molecule has 2 aromatic rings. The Morgan fingerprint density at radius 3 is 2.89 bits per heavy atom. The molecule has 148 valence electrons. The second kappa shape index (κ2) is 6.79. The number of aromatic amines is 1. The highest BCUT2D eigenvalue weighted by atomic mass is 32.2. The molecule has 3 heterocycles. The molecule has 4 rings (SSSR count). The number of hydrogen-bond donors (Lipinski definition) is 1. The van der Waals surface area contributed by atoms with Gasteiger partial charge in [0.05, 0.1) is 25.0 Å². The predicted molar refractivity (Wildman–Crippen MR) is 106 cm³/mol. The molecular weight excluding hydrogens is 364 g/mol. The van der Waals surface area contributed by atoms with Crippen LogP contribution in [0, 0.1) is 5.92 Å². The molecule has 0 radical (unpaired) electrons. The van der Waals surface area contributed by atoms with Crippen molar-refractivity contribution in [2.75, 3.05) is 32.6 Å². The molecule has 1 aromatic carbocycles. The van der Waals surface area contributed by atoms with Crippen LogP contribution >= 0.6 is 0 Å². The van der Waals surface area contributed by atoms with Gasteiger partial charge in [-0.15, -0.1) is 0 Å². The minimum absolute atomic E-state index is 0.0115. The zero-order chi connectivity index (χ0) is 19.2. The first-order valence-corrected chi connectivity index (χ1v) is 11.3. The summed E-state index contributed by atoms with van der Waals surface area (Å²) < 4.78 is 34.6. The summed E-state index contributed by atoms with van der Waals surface area (Å²) in [4.78, 5) is 6.14. The Morgan fingerprint density at radius 1 is 1.33 bits per heavy atom. The van der Waals surface area contributed by atoms with Crippen LogP contribution in [0.3, 0.4) is 0 Å². The van der Waals surface area contributed by atoms with Gasteiger partial charge in [0, 0.05) is 29.1 Å². The molecule has 1 saturated heterocycles. The van der Waals surface area contributed by atoms with Crippen LogP contribution in [-0.2, 0) is 26.3 Å². The van der Waals surface area contributed by atoms with Crippen LogP contribution in [0.15, 0.2) is 18.2 Å². The summed E-state index contributed by atoms with van der Waals surface area (Å²) in [5, 5.41) is 1.21. The van der Waals surface area contributed by atoms with E-state index >= 15 is 0 Å². The maximum absolute atomic E-state index is 11.9. The largest absolute Gasteiger partial charge is 0.497 e. The molecular formula is C20H28N2O4S. The molecule has 0 aliphatic carbocycles. The number of aromatic nitrogens is 1. The highest BCUT2D eigenvalue weighted by Gasteiger charge is 2.48. The number of nitrogens with zero attached hydrogens (tertiary/aromatic N) is 1. The van der Waals surface area contributed by atoms with E-state index in [2.05, 4.69) is 28.9 Å². The van der Waals surface area contributed by atoms with Crippen LogP contribution in [0.2, 0.25) is 0 Å². The van der Waals surface area contributed by atoms with Crippen LogP contribution in [-0.4, -0.2) is 50.9 Å². The molecule has 0 spiro atoms. The number of benzene rings is 1. The van der Waals surface area contributed by atoms with Gasteiger partial charge in [0.25, 0.3) is 10.1 Å². The summed E-state index contributed by atoms with van der Waals surface area (Å²) in [5.74, 6) is 0.994. The molecule has 7 heteroatoms. The van der Waals surface area contributed by atoms with Crippen molar-refractivity contribution >= 4 is 21.0 Å². The van der Waals surface area contributed by atoms with Crippen molar-refractivity contribution in [3.8, 4) is 5.75 Å². The van der Waals surface area contributed by atoms with Gasteiger partial charge in [-0.1, -0.05) is 0 Å². The van der Waals surface area contributed by atoms with Gasteiger partial charge in [-0.3, -0.25) is 9.08 Å². The van der Waals surface area contributed by atoms with Gasteiger partial charge in [-0.05, 0) is 63.4 Å². The van der Waals surface area contributed by atoms with Crippen LogP contribution in [0.25, 0.3) is 10.9 Å². The van der Waals surface area contributed by atoms with E-state index in [-0.39, 0.29) is 23.8 Å². The molecule has 1 aromatic heterocycles. The maximum atomic E-state index is 11.9. The third-order valence-electron chi connectivity index (χ3n) is 6.49. The van der Waals surface area contributed by atoms with E-state index in [1.54, 1.807) is 14.0 Å². The zero-order valence-corrected chi connectivity index (χ0v) is 17.1. The fraction of sp³-hybridized carbons (Fsp3) is 0.600. The standard InChI is InChI=1S/C20H28N2O4S/c1-4-27(23,24)26-13-14-6-5-10-22-11-9-16-17-12-15(25-3)7-8-18(17)21-19(16)20(14,22)2/h7-8,12,14,21H,4-6,9-11,13H2,1-3H3. The fourth-order valence-electron chi connectivity index (χ4n) is 4.81. The Kier molecular flexibility index (Phi) is 4.72. The first-order chi connectivity index (χ1) is 12.9. The Labute approximate surface area is 161 Å². The van der Waals surface area contributed by atoms with Crippen molar-refractivity contribution in [3.05, 3.63) is 29.5 Å². The molecule has 1 N–H and O–H groups in total. The van der Waals surface area contributed by atoms with E-state index in [1.807, 2.05) is 6.07 Å². The number of piperidine rings is 1. The number of ether oxygens (including phenoxy) is 1. The number of fused-ring (bicyclic) bond motifs is 5. The van der Waals surface area contributed by atoms with E-state index in [0.29, 0.717) is 0 Å². The Balaban J connectivity index is 1.76. The van der Waals surface area contributed by atoms with Crippen LogP contribution in [0.5, 0.6) is 5.75 Å². The van der Waals surface area contributed by atoms with Gasteiger partial charge in [0.15, 0.2) is 0 Å². The van der Waals surface area contributed by atoms with Gasteiger partial charge >= 0.3 is 0 Å². The van der Waals surface area contributed by atoms with Gasteiger partial charge in [-0.2, -0.15) is 8.42 Å². The van der Waals surface area contributed by atoms with Crippen molar-refractivity contribution < 1.29 is 17.3 Å². The second-order valence-corrected chi connectivity index (χ2v) is 9.67. The van der Waals surface area contributed by atoms with E-state index in [0.717, 1.165) is 43.6 Å². The van der Waals surface area contributed by atoms with Crippen molar-refractivity contribution in [1.29, 1.82) is 0 Å². The number of hydrogen-bond acceptors (Lipinski definition) is 5. The lowest BCUT2D eigenvalue weighted by molar-refractivity contribution is -0.0249. The molecule has 27 heavy (non-hydrogen) atoms. The van der Waals surface area contributed by atoms with E-state index in [1.165, 1.54) is 16.6 Å². The third-order valence-corrected chi connectivity index (χ3v) is 7.69. The summed E-state index contributed by atoms with van der Waals surface area (Å²) in [6.07, 6.45) is 3.02. The minimum Gasteiger partial charge on any atom is -0.497 e. The summed E-state index contributed by atoms with van der Waals surface area (Å²) >= 11 is 0. The SMILES string of the molecule is CCS(=O)(=O)OCC1CCCN2CCc3c([nH]c4ccc(OC)cc34)C12C. The van der Waals surface area contributed by atoms with Crippen LogP contribution in [0.1, 0.15) is 37.9 Å². The number of H-pyrrole nitrogens is 1. The minimum atomic E-state index is -3.44. The second-order valence-electron chi connectivity index (χ2n) is 7.74. The molecule has 6 nitrogen and oxygen atoms in total. The summed E-state index contributed by atoms with van der Waals surface area (Å²) in [5.41, 5.74) is 3.39. The molecule has 0 saturated carbocycles. The topological polar surface area (TPSA) is 71.6 Å². The van der Waals surface area contributed by atoms with Gasteiger partial charge in [0.2, 0.25) is 0 Å². The molecule has 0 amide bonds. The summed E-state index contributed by atoms with van der Waals surface area (Å²) in [6, 6.07) is 6.13. The van der Waals surface area contributed by atoms with Crippen LogP contribution in [0.4, 0.5) is 0 Å². The van der Waals surface area contributed by atoms with E-state index < -0.39 is 10.1 Å². The molecule has 2 aliphatic rings. The molecule has 2 unspecified atom stereocenters. The smallest absolute Gasteiger partial charge is 0.267 e. The van der Waals surface area contributed by atoms with Gasteiger partial charge in [-0.25, -0.2) is 0 Å². The average molecular weight is 393 g/mol. The first kappa shape index (κ1) is 18.8. The quantitative estimate of drug-likeness (QED) is 0.792. The fourth-order valence-corrected chi connectivity index (χ4v) is 5.35. The summed E-state index contributed by atoms with van der Waals surface area (Å²) in [6.45, 7) is 6.11. The van der Waals surface area contributed by atoms with Crippen LogP contribution < -0.4 is 4.74 Å². The lowest BCUT2D eigenvalue weighted by atomic mass is 9.72. The molecule has 0 bridgehead atoms. The lowest BCUT2D eigenvalue weighted by Gasteiger charge is -2.52. The molecule has 2 atom stereocenters. The van der Waals surface area contributed by atoms with Crippen molar-refractivity contribution in [1.82, 2.24) is 9.88 Å². The van der Waals surface area contributed by atoms with Gasteiger partial charge in [0.1, 0.15) is 5.75 Å². The monoisotopic (exact) mass is 392 g/mol. The zero-order valence-electron chi connectivity index (χ0n) is 16.2. The number of methoxy groups -OCH3 is 1. The average Bonchev–Trinajstić information content (AvgIpc) is 3.05. The normalized spacial score (nSPS) is 26.0. The van der Waals surface area contributed by atoms with Crippen molar-refractivity contribution in [2.24, 2.45) is 5.92 Å². The molecule has 2 aliphatic heterocycles. The highest BCUT2D eigenvalue weighted by Crippen LogP contribution is 2.47. The Bertz CT molecular complexity index is 952. The van der Waals surface area contributed by atoms with Crippen molar-refractivity contribution in [3.63, 3.8) is 0 Å². The Morgan fingerprint density at radius 2 is 2.15 bits per heavy atom. The number of nitrogens with one attached hydrogen (secondary N) is 1. The number of rotatable bonds is 5. The lowest BCUT2D eigenvalue weighted by Crippen LogP contribution is -2.57. The third kappa shape index (κ3) is 3.05. The maximum Gasteiger partial charge on any atom is 0.267 e. The molecule has 1 fully saturated rings. The van der Waals surface area contributed by atoms with E-state index in [4.69, 9.17) is 8.92 Å². The highest BCUT2D eigenvalue weighted by molar-refractivity contribution is 7.86. The Hall–Kier alpha value is -1.57. The first-order valence-electron chi connectivity index (χ1n) is 9.70. The summed E-state index contributed by atoms with van der Waals surface area (Å²) in [7, 11) is -1.75. The van der Waals surface area contributed by atoms with Crippen molar-refractivity contribution in [2.45, 2.75) is 38.6 Å². The van der Waals surface area contributed by atoms with Gasteiger partial charge < -0.3 is 9.72 Å². The van der Waals surface area contributed by atoms with E-state index in [9.17, 15) is 8.42 Å². The predicted octanol–water partition coefficient (Wildman–Crippen LogP) is 3.03.